The van der Waals surface area contributed by atoms with E-state index in [1.54, 1.807) is 11.1 Å². The van der Waals surface area contributed by atoms with E-state index < -0.39 is 0 Å². The molecule has 0 atom stereocenters. The van der Waals surface area contributed by atoms with Crippen molar-refractivity contribution in [2.75, 3.05) is 18.4 Å². The molecule has 0 aliphatic carbocycles. The van der Waals surface area contributed by atoms with E-state index in [0.29, 0.717) is 13.1 Å². The van der Waals surface area contributed by atoms with E-state index in [9.17, 15) is 4.79 Å². The van der Waals surface area contributed by atoms with Crippen molar-refractivity contribution in [3.63, 3.8) is 0 Å². The number of urea groups is 1. The van der Waals surface area contributed by atoms with Gasteiger partial charge in [0.1, 0.15) is 5.65 Å². The second-order valence-corrected chi connectivity index (χ2v) is 7.25. The Hall–Kier alpha value is -3.81. The Labute approximate surface area is 167 Å². The Kier molecular flexibility index (Phi) is 3.97. The second-order valence-electron chi connectivity index (χ2n) is 7.25. The van der Waals surface area contributed by atoms with Gasteiger partial charge in [0.05, 0.1) is 23.0 Å². The van der Waals surface area contributed by atoms with E-state index in [2.05, 4.69) is 32.4 Å². The van der Waals surface area contributed by atoms with Gasteiger partial charge in [-0.05, 0) is 42.3 Å². The highest BCUT2D eigenvalue weighted by Gasteiger charge is 2.17. The average Bonchev–Trinajstić information content (AvgIpc) is 3.33. The van der Waals surface area contributed by atoms with E-state index in [4.69, 9.17) is 5.73 Å². The molecule has 0 spiro atoms. The molecule has 1 aliphatic rings. The highest BCUT2D eigenvalue weighted by Crippen LogP contribution is 2.31. The number of pyridine rings is 1. The third-order valence-corrected chi connectivity index (χ3v) is 5.40. The minimum atomic E-state index is -0.379. The summed E-state index contributed by atoms with van der Waals surface area (Å²) in [4.78, 5) is 25.2. The van der Waals surface area contributed by atoms with Crippen molar-refractivity contribution in [1.29, 1.82) is 0 Å². The lowest BCUT2D eigenvalue weighted by molar-refractivity contribution is 0.213. The number of benzene rings is 1. The third kappa shape index (κ3) is 3.08. The van der Waals surface area contributed by atoms with Gasteiger partial charge in [0.2, 0.25) is 0 Å². The summed E-state index contributed by atoms with van der Waals surface area (Å²) in [5.41, 5.74) is 12.4. The number of primary amides is 1. The molecule has 5 rings (SSSR count). The Morgan fingerprint density at radius 2 is 2.14 bits per heavy atom. The number of nitrogens with two attached hydrogens (primary N) is 1. The number of hydrogen-bond acceptors (Lipinski definition) is 4. The van der Waals surface area contributed by atoms with Gasteiger partial charge in [0.25, 0.3) is 0 Å². The number of imidazole rings is 1. The maximum Gasteiger partial charge on any atom is 0.315 e. The molecule has 146 valence electrons. The summed E-state index contributed by atoms with van der Waals surface area (Å²) in [6.07, 6.45) is 6.41. The molecule has 0 unspecified atom stereocenters. The van der Waals surface area contributed by atoms with Crippen molar-refractivity contribution in [3.8, 4) is 0 Å². The standard InChI is InChI=1S/C21H21N7O/c1-27-12-24-17-3-2-14(10-19(17)27)25-16-4-7-23-20-15(16)11-18(26-20)13-5-8-28(9-6-13)21(22)29/h2-5,7,10-12H,6,8-9H2,1H3,(H2,22,29)(H2,23,25,26). The predicted octanol–water partition coefficient (Wildman–Crippen LogP) is 3.36. The summed E-state index contributed by atoms with van der Waals surface area (Å²) in [6, 6.07) is 9.82. The fourth-order valence-electron chi connectivity index (χ4n) is 3.78. The fraction of sp³-hybridized carbons (Fsp3) is 0.190. The first kappa shape index (κ1) is 17.3. The van der Waals surface area contributed by atoms with E-state index in [1.807, 2.05) is 42.2 Å². The molecule has 0 fully saturated rings. The van der Waals surface area contributed by atoms with Crippen LogP contribution in [0.25, 0.3) is 27.6 Å². The van der Waals surface area contributed by atoms with E-state index in [0.717, 1.165) is 45.6 Å². The zero-order chi connectivity index (χ0) is 20.0. The molecule has 1 aliphatic heterocycles. The molecule has 4 heterocycles. The third-order valence-electron chi connectivity index (χ3n) is 5.40. The molecule has 8 nitrogen and oxygen atoms in total. The normalized spacial score (nSPS) is 14.4. The monoisotopic (exact) mass is 387 g/mol. The smallest absolute Gasteiger partial charge is 0.315 e. The number of rotatable bonds is 3. The maximum absolute atomic E-state index is 11.3. The number of carbonyl (C=O) groups is 1. The maximum atomic E-state index is 11.3. The summed E-state index contributed by atoms with van der Waals surface area (Å²) in [7, 11) is 1.99. The Balaban J connectivity index is 1.47. The molecule has 0 bridgehead atoms. The SMILES string of the molecule is Cn1cnc2ccc(Nc3ccnc4[nH]c(C5=CCN(C(N)=O)CC5)cc34)cc21. The number of nitrogens with zero attached hydrogens (tertiary/aromatic N) is 4. The molecule has 4 N–H and O–H groups in total. The first-order valence-corrected chi connectivity index (χ1v) is 9.48. The van der Waals surface area contributed by atoms with Crippen LogP contribution in [-0.2, 0) is 7.05 Å². The number of aryl methyl sites for hydroxylation is 1. The van der Waals surface area contributed by atoms with Crippen LogP contribution in [0.5, 0.6) is 0 Å². The van der Waals surface area contributed by atoms with Gasteiger partial charge in [-0.3, -0.25) is 0 Å². The summed E-state index contributed by atoms with van der Waals surface area (Å²) >= 11 is 0. The molecule has 8 heteroatoms. The van der Waals surface area contributed by atoms with E-state index in [-0.39, 0.29) is 6.03 Å². The van der Waals surface area contributed by atoms with Gasteiger partial charge in [0, 0.05) is 43.1 Å². The predicted molar refractivity (Wildman–Crippen MR) is 114 cm³/mol. The minimum Gasteiger partial charge on any atom is -0.355 e. The van der Waals surface area contributed by atoms with Crippen molar-refractivity contribution in [2.45, 2.75) is 6.42 Å². The van der Waals surface area contributed by atoms with Gasteiger partial charge >= 0.3 is 6.03 Å². The van der Waals surface area contributed by atoms with Gasteiger partial charge in [-0.2, -0.15) is 0 Å². The van der Waals surface area contributed by atoms with Crippen molar-refractivity contribution in [1.82, 2.24) is 24.4 Å². The van der Waals surface area contributed by atoms with E-state index >= 15 is 0 Å². The Bertz CT molecular complexity index is 1270. The largest absolute Gasteiger partial charge is 0.355 e. The van der Waals surface area contributed by atoms with Crippen LogP contribution in [-0.4, -0.2) is 43.5 Å². The number of aromatic amines is 1. The number of nitrogens with one attached hydrogen (secondary N) is 2. The minimum absolute atomic E-state index is 0.379. The lowest BCUT2D eigenvalue weighted by Gasteiger charge is -2.24. The van der Waals surface area contributed by atoms with Gasteiger partial charge < -0.3 is 25.5 Å². The van der Waals surface area contributed by atoms with Crippen molar-refractivity contribution < 1.29 is 4.79 Å². The molecule has 2 amide bonds. The molecule has 0 saturated heterocycles. The van der Waals surface area contributed by atoms with Gasteiger partial charge in [-0.15, -0.1) is 0 Å². The summed E-state index contributed by atoms with van der Waals surface area (Å²) in [5, 5.41) is 4.52. The molecule has 4 aromatic rings. The quantitative estimate of drug-likeness (QED) is 0.501. The second kappa shape index (κ2) is 6.66. The highest BCUT2D eigenvalue weighted by molar-refractivity contribution is 5.95. The number of H-pyrrole nitrogens is 1. The summed E-state index contributed by atoms with van der Waals surface area (Å²) < 4.78 is 2.00. The van der Waals surface area contributed by atoms with Crippen LogP contribution >= 0.6 is 0 Å². The van der Waals surface area contributed by atoms with Crippen LogP contribution in [0.15, 0.2) is 48.9 Å². The van der Waals surface area contributed by atoms with Crippen LogP contribution in [0.4, 0.5) is 16.2 Å². The molecule has 3 aromatic heterocycles. The number of hydrogen-bond donors (Lipinski definition) is 3. The van der Waals surface area contributed by atoms with Crippen LogP contribution in [0.3, 0.4) is 0 Å². The van der Waals surface area contributed by atoms with Crippen LogP contribution in [0, 0.1) is 0 Å². The van der Waals surface area contributed by atoms with Gasteiger partial charge in [-0.1, -0.05) is 6.08 Å². The fourth-order valence-corrected chi connectivity index (χ4v) is 3.78. The number of amides is 2. The Morgan fingerprint density at radius 3 is 2.93 bits per heavy atom. The molecule has 1 aromatic carbocycles. The summed E-state index contributed by atoms with van der Waals surface area (Å²) in [6.45, 7) is 1.16. The molecule has 0 saturated carbocycles. The first-order chi connectivity index (χ1) is 14.1. The van der Waals surface area contributed by atoms with E-state index in [1.165, 1.54) is 5.57 Å². The first-order valence-electron chi connectivity index (χ1n) is 9.48. The van der Waals surface area contributed by atoms with Gasteiger partial charge in [0.15, 0.2) is 0 Å². The number of carbonyl (C=O) groups excluding carboxylic acids is 1. The van der Waals surface area contributed by atoms with Crippen molar-refractivity contribution in [3.05, 3.63) is 54.6 Å². The van der Waals surface area contributed by atoms with Crippen molar-refractivity contribution >= 4 is 45.0 Å². The number of fused-ring (bicyclic) bond motifs is 2. The topological polar surface area (TPSA) is 105 Å². The number of anilines is 2. The average molecular weight is 387 g/mol. The Morgan fingerprint density at radius 1 is 1.24 bits per heavy atom. The van der Waals surface area contributed by atoms with Crippen LogP contribution < -0.4 is 11.1 Å². The number of aromatic nitrogens is 4. The zero-order valence-electron chi connectivity index (χ0n) is 16.0. The van der Waals surface area contributed by atoms with Crippen molar-refractivity contribution in [2.24, 2.45) is 12.8 Å². The van der Waals surface area contributed by atoms with Crippen LogP contribution in [0.2, 0.25) is 0 Å². The zero-order valence-corrected chi connectivity index (χ0v) is 16.0. The highest BCUT2D eigenvalue weighted by atomic mass is 16.2. The van der Waals surface area contributed by atoms with Gasteiger partial charge in [-0.25, -0.2) is 14.8 Å². The lowest BCUT2D eigenvalue weighted by atomic mass is 10.0. The lowest BCUT2D eigenvalue weighted by Crippen LogP contribution is -2.38. The van der Waals surface area contributed by atoms with Crippen LogP contribution in [0.1, 0.15) is 12.1 Å². The molecule has 0 radical (unpaired) electrons. The summed E-state index contributed by atoms with van der Waals surface area (Å²) in [5.74, 6) is 0. The molecule has 29 heavy (non-hydrogen) atoms. The molecular formula is C21H21N7O. The molecular weight excluding hydrogens is 366 g/mol.